The van der Waals surface area contributed by atoms with Crippen molar-refractivity contribution in [3.05, 3.63) is 30.1 Å². The Morgan fingerprint density at radius 2 is 1.71 bits per heavy atom. The molecule has 1 heterocycles. The van der Waals surface area contributed by atoms with E-state index >= 15 is 0 Å². The third-order valence-corrected chi connectivity index (χ3v) is 7.32. The number of rotatable bonds is 9. The van der Waals surface area contributed by atoms with Crippen LogP contribution in [-0.2, 0) is 24.3 Å². The van der Waals surface area contributed by atoms with Gasteiger partial charge in [0.15, 0.2) is 0 Å². The second-order valence-electron chi connectivity index (χ2n) is 8.18. The summed E-state index contributed by atoms with van der Waals surface area (Å²) in [5.41, 5.74) is 0. The van der Waals surface area contributed by atoms with Crippen molar-refractivity contribution in [2.45, 2.75) is 49.5 Å². The summed E-state index contributed by atoms with van der Waals surface area (Å²) >= 11 is 0. The monoisotopic (exact) mass is 455 g/mol. The summed E-state index contributed by atoms with van der Waals surface area (Å²) in [5, 5.41) is 5.46. The molecule has 0 radical (unpaired) electrons. The third-order valence-electron chi connectivity index (χ3n) is 5.88. The van der Waals surface area contributed by atoms with Crippen LogP contribution in [0.4, 0.5) is 4.39 Å². The molecule has 0 aromatic heterocycles. The number of carbonyl (C=O) groups is 2. The molecule has 3 N–H and O–H groups in total. The lowest BCUT2D eigenvalue weighted by atomic mass is 9.81. The Morgan fingerprint density at radius 1 is 1.00 bits per heavy atom. The van der Waals surface area contributed by atoms with Crippen molar-refractivity contribution in [1.82, 2.24) is 15.4 Å². The molecule has 1 aliphatic carbocycles. The van der Waals surface area contributed by atoms with Gasteiger partial charge in [-0.25, -0.2) is 17.5 Å². The van der Waals surface area contributed by atoms with E-state index in [-0.39, 0.29) is 47.7 Å². The topological polar surface area (TPSA) is 114 Å². The average molecular weight is 456 g/mol. The molecule has 2 fully saturated rings. The molecule has 1 saturated heterocycles. The Labute approximate surface area is 182 Å². The lowest BCUT2D eigenvalue weighted by Gasteiger charge is -2.27. The van der Waals surface area contributed by atoms with E-state index in [4.69, 9.17) is 4.74 Å². The van der Waals surface area contributed by atoms with Gasteiger partial charge in [0, 0.05) is 25.6 Å². The minimum Gasteiger partial charge on any atom is -0.376 e. The molecule has 10 heteroatoms. The van der Waals surface area contributed by atoms with Crippen molar-refractivity contribution < 1.29 is 27.1 Å². The first kappa shape index (κ1) is 23.6. The van der Waals surface area contributed by atoms with Crippen molar-refractivity contribution >= 4 is 21.8 Å². The van der Waals surface area contributed by atoms with Gasteiger partial charge in [-0.05, 0) is 68.7 Å². The maximum absolute atomic E-state index is 13.0. The van der Waals surface area contributed by atoms with Crippen LogP contribution in [0, 0.1) is 17.7 Å². The predicted molar refractivity (Wildman–Crippen MR) is 112 cm³/mol. The van der Waals surface area contributed by atoms with Crippen LogP contribution >= 0.6 is 0 Å². The molecule has 31 heavy (non-hydrogen) atoms. The number of benzene rings is 1. The maximum Gasteiger partial charge on any atom is 0.240 e. The Balaban J connectivity index is 1.33. The highest BCUT2D eigenvalue weighted by atomic mass is 32.2. The van der Waals surface area contributed by atoms with E-state index in [2.05, 4.69) is 15.4 Å². The van der Waals surface area contributed by atoms with E-state index in [9.17, 15) is 22.4 Å². The van der Waals surface area contributed by atoms with Crippen LogP contribution in [0.15, 0.2) is 29.2 Å². The first-order chi connectivity index (χ1) is 14.8. The van der Waals surface area contributed by atoms with Crippen LogP contribution in [-0.4, -0.2) is 52.6 Å². The maximum atomic E-state index is 13.0. The summed E-state index contributed by atoms with van der Waals surface area (Å²) in [6.45, 7) is 1.42. The predicted octanol–water partition coefficient (Wildman–Crippen LogP) is 1.32. The molecule has 2 amide bonds. The summed E-state index contributed by atoms with van der Waals surface area (Å²) in [5.74, 6) is -0.897. The van der Waals surface area contributed by atoms with Gasteiger partial charge >= 0.3 is 0 Å². The fraction of sp³-hybridized carbons (Fsp3) is 0.619. The van der Waals surface area contributed by atoms with Crippen LogP contribution in [0.25, 0.3) is 0 Å². The van der Waals surface area contributed by atoms with Gasteiger partial charge in [0.2, 0.25) is 21.8 Å². The largest absolute Gasteiger partial charge is 0.376 e. The van der Waals surface area contributed by atoms with E-state index in [1.54, 1.807) is 0 Å². The quantitative estimate of drug-likeness (QED) is 0.520. The molecule has 3 rings (SSSR count). The van der Waals surface area contributed by atoms with Crippen molar-refractivity contribution in [2.24, 2.45) is 11.8 Å². The van der Waals surface area contributed by atoms with Gasteiger partial charge in [-0.2, -0.15) is 0 Å². The fourth-order valence-corrected chi connectivity index (χ4v) is 5.08. The number of hydrogen-bond donors (Lipinski definition) is 3. The molecular formula is C21H30FN3O5S. The highest BCUT2D eigenvalue weighted by Crippen LogP contribution is 2.28. The van der Waals surface area contributed by atoms with Gasteiger partial charge in [0.1, 0.15) is 5.82 Å². The van der Waals surface area contributed by atoms with Crippen LogP contribution in [0.3, 0.4) is 0 Å². The molecule has 1 saturated carbocycles. The fourth-order valence-electron chi connectivity index (χ4n) is 3.96. The Bertz CT molecular complexity index is 848. The smallest absolute Gasteiger partial charge is 0.240 e. The average Bonchev–Trinajstić information content (AvgIpc) is 3.29. The van der Waals surface area contributed by atoms with Crippen molar-refractivity contribution in [3.8, 4) is 0 Å². The number of ether oxygens (including phenoxy) is 1. The lowest BCUT2D eigenvalue weighted by Crippen LogP contribution is -2.42. The zero-order valence-corrected chi connectivity index (χ0v) is 18.3. The molecule has 1 aromatic carbocycles. The van der Waals surface area contributed by atoms with Gasteiger partial charge in [-0.15, -0.1) is 0 Å². The van der Waals surface area contributed by atoms with E-state index in [1.807, 2.05) is 0 Å². The standard InChI is InChI=1S/C21H30FN3O5S/c22-17-7-9-19(10-8-17)31(28,29)25-12-15-3-5-16(6-4-15)21(27)24-14-20(26)23-13-18-2-1-11-30-18/h7-10,15-16,18,25H,1-6,11-14H2,(H,23,26)(H,24,27). The molecule has 8 nitrogen and oxygen atoms in total. The number of sulfonamides is 1. The second kappa shape index (κ2) is 11.0. The van der Waals surface area contributed by atoms with Crippen LogP contribution in [0.5, 0.6) is 0 Å². The van der Waals surface area contributed by atoms with Gasteiger partial charge in [0.05, 0.1) is 17.5 Å². The number of hydrogen-bond acceptors (Lipinski definition) is 5. The summed E-state index contributed by atoms with van der Waals surface area (Å²) in [6.07, 6.45) is 4.74. The molecule has 0 bridgehead atoms. The van der Waals surface area contributed by atoms with Crippen molar-refractivity contribution in [3.63, 3.8) is 0 Å². The van der Waals surface area contributed by atoms with Gasteiger partial charge in [-0.3, -0.25) is 9.59 Å². The molecule has 172 valence electrons. The van der Waals surface area contributed by atoms with E-state index in [1.165, 1.54) is 12.1 Å². The van der Waals surface area contributed by atoms with Crippen LogP contribution in [0.2, 0.25) is 0 Å². The first-order valence-corrected chi connectivity index (χ1v) is 12.2. The van der Waals surface area contributed by atoms with E-state index in [0.717, 1.165) is 44.4 Å². The third kappa shape index (κ3) is 7.26. The lowest BCUT2D eigenvalue weighted by molar-refractivity contribution is -0.129. The van der Waals surface area contributed by atoms with Crippen LogP contribution in [0.1, 0.15) is 38.5 Å². The molecular weight excluding hydrogens is 425 g/mol. The minimum atomic E-state index is -3.69. The van der Waals surface area contributed by atoms with Gasteiger partial charge in [-0.1, -0.05) is 0 Å². The van der Waals surface area contributed by atoms with Gasteiger partial charge in [0.25, 0.3) is 0 Å². The highest BCUT2D eigenvalue weighted by Gasteiger charge is 2.27. The van der Waals surface area contributed by atoms with E-state index < -0.39 is 15.8 Å². The van der Waals surface area contributed by atoms with Crippen LogP contribution < -0.4 is 15.4 Å². The minimum absolute atomic E-state index is 0.0275. The summed E-state index contributed by atoms with van der Waals surface area (Å²) in [6, 6.07) is 4.69. The molecule has 1 aliphatic heterocycles. The SMILES string of the molecule is O=C(CNC(=O)C1CCC(CNS(=O)(=O)c2ccc(F)cc2)CC1)NCC1CCCO1. The number of nitrogens with one attached hydrogen (secondary N) is 3. The molecule has 1 unspecified atom stereocenters. The normalized spacial score (nSPS) is 24.0. The Kier molecular flexibility index (Phi) is 8.39. The second-order valence-corrected chi connectivity index (χ2v) is 9.95. The van der Waals surface area contributed by atoms with Gasteiger partial charge < -0.3 is 15.4 Å². The first-order valence-electron chi connectivity index (χ1n) is 10.7. The molecule has 0 spiro atoms. The molecule has 1 atom stereocenters. The Hall–Kier alpha value is -2.04. The number of carbonyl (C=O) groups excluding carboxylic acids is 2. The highest BCUT2D eigenvalue weighted by molar-refractivity contribution is 7.89. The summed E-state index contributed by atoms with van der Waals surface area (Å²) in [4.78, 5) is 24.3. The zero-order chi connectivity index (χ0) is 22.3. The van der Waals surface area contributed by atoms with Crippen molar-refractivity contribution in [1.29, 1.82) is 0 Å². The van der Waals surface area contributed by atoms with Crippen molar-refractivity contribution in [2.75, 3.05) is 26.2 Å². The van der Waals surface area contributed by atoms with E-state index in [0.29, 0.717) is 19.4 Å². The molecule has 2 aliphatic rings. The zero-order valence-electron chi connectivity index (χ0n) is 17.4. The number of halogens is 1. The molecule has 1 aromatic rings. The summed E-state index contributed by atoms with van der Waals surface area (Å²) in [7, 11) is -3.69. The summed E-state index contributed by atoms with van der Waals surface area (Å²) < 4.78 is 45.6. The number of amides is 2. The Morgan fingerprint density at radius 3 is 2.35 bits per heavy atom.